The number of ether oxygens (including phenoxy) is 1. The van der Waals surface area contributed by atoms with E-state index in [2.05, 4.69) is 87.9 Å². The molecule has 6 heterocycles. The fraction of sp³-hybridized carbons (Fsp3) is 0.260. The molecule has 2 aliphatic rings. The number of fused-ring (bicyclic) bond motifs is 1. The predicted molar refractivity (Wildman–Crippen MR) is 274 cm³/mol. The zero-order valence-corrected chi connectivity index (χ0v) is 40.0. The zero-order chi connectivity index (χ0) is 48.2. The first-order valence-electron chi connectivity index (χ1n) is 23.0. The van der Waals surface area contributed by atoms with Crippen molar-refractivity contribution in [2.24, 2.45) is 10.2 Å². The Morgan fingerprint density at radius 2 is 1.63 bits per heavy atom. The maximum absolute atomic E-state index is 13.7. The van der Waals surface area contributed by atoms with Crippen LogP contribution in [0.5, 0.6) is 0 Å². The van der Waals surface area contributed by atoms with E-state index in [1.165, 1.54) is 34.4 Å². The maximum atomic E-state index is 13.7. The van der Waals surface area contributed by atoms with Crippen LogP contribution in [-0.4, -0.2) is 113 Å². The van der Waals surface area contributed by atoms with E-state index in [4.69, 9.17) is 4.74 Å². The maximum Gasteiger partial charge on any atom is 0.303 e. The largest absolute Gasteiger partial charge is 0.378 e. The molecule has 0 radical (unpaired) electrons. The smallest absolute Gasteiger partial charge is 0.303 e. The molecule has 4 aromatic heterocycles. The van der Waals surface area contributed by atoms with Crippen molar-refractivity contribution in [3.8, 4) is 11.3 Å². The van der Waals surface area contributed by atoms with Gasteiger partial charge < -0.3 is 35.5 Å². The number of anilines is 3. The van der Waals surface area contributed by atoms with Gasteiger partial charge in [0.25, 0.3) is 11.8 Å². The lowest BCUT2D eigenvalue weighted by Gasteiger charge is -2.35. The highest BCUT2D eigenvalue weighted by molar-refractivity contribution is 7.17. The fourth-order valence-corrected chi connectivity index (χ4v) is 9.37. The molecule has 0 bridgehead atoms. The molecule has 70 heavy (non-hydrogen) atoms. The molecule has 20 heteroatoms. The molecule has 18 nitrogen and oxygen atoms in total. The van der Waals surface area contributed by atoms with Crippen LogP contribution in [0.1, 0.15) is 44.5 Å². The average molecular weight is 978 g/mol. The van der Waals surface area contributed by atoms with E-state index in [1.54, 1.807) is 16.8 Å². The van der Waals surface area contributed by atoms with E-state index in [0.29, 0.717) is 56.6 Å². The lowest BCUT2D eigenvalue weighted by atomic mass is 10.1. The summed E-state index contributed by atoms with van der Waals surface area (Å²) in [5.41, 5.74) is 9.06. The number of amides is 4. The third-order valence-electron chi connectivity index (χ3n) is 11.6. The van der Waals surface area contributed by atoms with Crippen LogP contribution in [0.3, 0.4) is 0 Å². The fourth-order valence-electron chi connectivity index (χ4n) is 7.91. The monoisotopic (exact) mass is 977 g/mol. The first-order chi connectivity index (χ1) is 34.3. The van der Waals surface area contributed by atoms with Crippen molar-refractivity contribution in [3.63, 3.8) is 0 Å². The molecule has 0 saturated carbocycles. The molecule has 4 amide bonds. The Balaban J connectivity index is 0.675. The Kier molecular flexibility index (Phi) is 15.3. The third kappa shape index (κ3) is 11.6. The number of piperazine rings is 1. The van der Waals surface area contributed by atoms with Gasteiger partial charge >= 0.3 is 5.91 Å². The lowest BCUT2D eigenvalue weighted by molar-refractivity contribution is -0.121. The van der Waals surface area contributed by atoms with Gasteiger partial charge in [-0.2, -0.15) is 15.2 Å². The molecule has 3 aromatic carbocycles. The molecule has 0 unspecified atom stereocenters. The van der Waals surface area contributed by atoms with Gasteiger partial charge in [-0.1, -0.05) is 91.1 Å². The van der Waals surface area contributed by atoms with E-state index in [9.17, 15) is 19.2 Å². The van der Waals surface area contributed by atoms with Gasteiger partial charge in [-0.15, -0.1) is 11.3 Å². The van der Waals surface area contributed by atoms with Crippen molar-refractivity contribution in [1.29, 1.82) is 0 Å². The Bertz CT molecular complexity index is 3010. The lowest BCUT2D eigenvalue weighted by Crippen LogP contribution is -2.50. The number of benzene rings is 3. The summed E-state index contributed by atoms with van der Waals surface area (Å²) in [6.07, 6.45) is 6.54. The van der Waals surface area contributed by atoms with Gasteiger partial charge in [0.15, 0.2) is 5.71 Å². The molecule has 5 N–H and O–H groups in total. The van der Waals surface area contributed by atoms with Crippen molar-refractivity contribution in [2.75, 3.05) is 67.8 Å². The number of carbonyl (C=O) groups is 4. The minimum Gasteiger partial charge on any atom is -0.378 e. The second-order valence-electron chi connectivity index (χ2n) is 16.4. The van der Waals surface area contributed by atoms with E-state index < -0.39 is 5.91 Å². The van der Waals surface area contributed by atoms with E-state index in [1.807, 2.05) is 72.1 Å². The van der Waals surface area contributed by atoms with Crippen LogP contribution in [-0.2, 0) is 27.3 Å². The zero-order valence-electron chi connectivity index (χ0n) is 38.3. The van der Waals surface area contributed by atoms with E-state index >= 15 is 0 Å². The number of carbonyl (C=O) groups excluding carboxylic acids is 4. The van der Waals surface area contributed by atoms with Gasteiger partial charge in [0.1, 0.15) is 22.8 Å². The standard InChI is InChI=1S/C50H51N13O5S2/c1-2-38-30-61(24-20-51-38)39-15-13-33(14-16-39)17-19-53-46(65)37-27-36-18-23-62(45(36)55-28-37)31-42(64)52-21-25-68-26-22-54-47(66)41-29-56-49(70-41)59-58-44-43(35-11-7-4-8-12-35)60-63(48(44)67)50-57-40(32-69-50)34-9-5-3-6-10-34/h3-16,18,23,27-29,32,38,51H,2,17,19-22,24-26,30-31H2,1H3,(H,52,64)(H,53,65)(H,54,66)(H,56,59)/b58-44+/t38-/m1/s1. The molecule has 1 fully saturated rings. The average Bonchev–Trinajstić information content (AvgIpc) is 4.23. The Hall–Kier alpha value is -7.65. The molecular formula is C50H51N13O5S2. The van der Waals surface area contributed by atoms with Gasteiger partial charge in [0, 0.05) is 85.3 Å². The molecule has 0 aliphatic carbocycles. The van der Waals surface area contributed by atoms with Gasteiger partial charge in [-0.25, -0.2) is 15.0 Å². The first kappa shape index (κ1) is 47.4. The Labute approximate surface area is 411 Å². The number of hydrazone groups is 2. The molecule has 2 aliphatic heterocycles. The number of rotatable bonds is 20. The second-order valence-corrected chi connectivity index (χ2v) is 18.3. The molecule has 0 spiro atoms. The van der Waals surface area contributed by atoms with Crippen LogP contribution in [0.2, 0.25) is 0 Å². The van der Waals surface area contributed by atoms with Crippen LogP contribution in [0.25, 0.3) is 22.3 Å². The Morgan fingerprint density at radius 3 is 2.41 bits per heavy atom. The van der Waals surface area contributed by atoms with Crippen molar-refractivity contribution in [3.05, 3.63) is 143 Å². The van der Waals surface area contributed by atoms with Crippen LogP contribution in [0, 0.1) is 0 Å². The number of pyridine rings is 1. The molecule has 7 aromatic rings. The summed E-state index contributed by atoms with van der Waals surface area (Å²) in [4.78, 5) is 68.6. The first-order valence-corrected chi connectivity index (χ1v) is 24.7. The highest BCUT2D eigenvalue weighted by atomic mass is 32.1. The SMILES string of the molecule is CC[C@@H]1CN(c2ccc(CCNC(=O)c3cnc4c(ccn4CC(=O)NCCOCCNC(=O)c4cnc(N/N=C5/C(=O)N(c6nc(-c7ccccc7)cs6)N=C5c5ccccc5)s4)c3)cc2)CCN1. The topological polar surface area (TPSA) is 212 Å². The van der Waals surface area contributed by atoms with Crippen molar-refractivity contribution in [1.82, 2.24) is 40.8 Å². The van der Waals surface area contributed by atoms with Gasteiger partial charge in [-0.3, -0.25) is 24.6 Å². The van der Waals surface area contributed by atoms with Crippen LogP contribution < -0.4 is 36.6 Å². The van der Waals surface area contributed by atoms with Crippen LogP contribution >= 0.6 is 22.7 Å². The Morgan fingerprint density at radius 1 is 0.871 bits per heavy atom. The molecule has 358 valence electrons. The molecule has 9 rings (SSSR count). The third-order valence-corrected chi connectivity index (χ3v) is 13.3. The summed E-state index contributed by atoms with van der Waals surface area (Å²) in [5, 5.41) is 25.8. The normalized spacial score (nSPS) is 15.3. The van der Waals surface area contributed by atoms with Crippen molar-refractivity contribution in [2.45, 2.75) is 32.4 Å². The number of nitrogens with zero attached hydrogens (tertiary/aromatic N) is 8. The minimum atomic E-state index is -0.459. The summed E-state index contributed by atoms with van der Waals surface area (Å²) in [7, 11) is 0. The summed E-state index contributed by atoms with van der Waals surface area (Å²) < 4.78 is 7.37. The highest BCUT2D eigenvalue weighted by Gasteiger charge is 2.36. The predicted octanol–water partition coefficient (Wildman–Crippen LogP) is 5.56. The number of hydrogen-bond donors (Lipinski definition) is 5. The van der Waals surface area contributed by atoms with E-state index in [0.717, 1.165) is 59.6 Å². The number of aromatic nitrogens is 4. The van der Waals surface area contributed by atoms with Crippen molar-refractivity contribution >= 4 is 84.7 Å². The minimum absolute atomic E-state index is 0.0438. The summed E-state index contributed by atoms with van der Waals surface area (Å²) in [6, 6.07) is 31.7. The second kappa shape index (κ2) is 22.6. The van der Waals surface area contributed by atoms with Gasteiger partial charge in [0.2, 0.25) is 16.2 Å². The summed E-state index contributed by atoms with van der Waals surface area (Å²) >= 11 is 2.38. The number of hydrogen-bond acceptors (Lipinski definition) is 15. The van der Waals surface area contributed by atoms with Crippen LogP contribution in [0.4, 0.5) is 16.0 Å². The van der Waals surface area contributed by atoms with Crippen molar-refractivity contribution < 1.29 is 23.9 Å². The van der Waals surface area contributed by atoms with E-state index in [-0.39, 0.29) is 56.3 Å². The molecular weight excluding hydrogens is 927 g/mol. The number of nitrogens with one attached hydrogen (secondary N) is 5. The van der Waals surface area contributed by atoms with Gasteiger partial charge in [0.05, 0.1) is 30.7 Å². The summed E-state index contributed by atoms with van der Waals surface area (Å²) in [5.74, 6) is -1.24. The highest BCUT2D eigenvalue weighted by Crippen LogP contribution is 2.30. The molecule has 1 saturated heterocycles. The molecule has 1 atom stereocenters. The van der Waals surface area contributed by atoms with Crippen LogP contribution in [0.15, 0.2) is 131 Å². The quantitative estimate of drug-likeness (QED) is 0.0472. The number of thiazole rings is 2. The van der Waals surface area contributed by atoms with Gasteiger partial charge in [-0.05, 0) is 42.7 Å². The summed E-state index contributed by atoms with van der Waals surface area (Å²) in [6.45, 7) is 6.69.